The molecular formula is C16H22ClN2O3-. The molecule has 0 bridgehead atoms. The normalized spacial score (nSPS) is 24.8. The maximum absolute atomic E-state index is 9.38. The molecule has 2 N–H and O–H groups in total. The number of carbonyl (C=O) groups is 1. The number of carbonyl (C=O) groups excluding carboxylic acids is 1. The van der Waals surface area contributed by atoms with Crippen LogP contribution in [0.4, 0.5) is 4.79 Å². The van der Waals surface area contributed by atoms with Crippen LogP contribution in [0.25, 0.3) is 0 Å². The summed E-state index contributed by atoms with van der Waals surface area (Å²) in [5.74, 6) is 2.80. The molecule has 6 heteroatoms. The highest BCUT2D eigenvalue weighted by atomic mass is 35.5. The number of rotatable bonds is 2. The Bertz CT molecular complexity index is 550. The molecule has 0 aromatic heterocycles. The predicted octanol–water partition coefficient (Wildman–Crippen LogP) is 1.71. The quantitative estimate of drug-likeness (QED) is 0.868. The highest BCUT2D eigenvalue weighted by Gasteiger charge is 2.41. The first-order valence-corrected chi connectivity index (χ1v) is 7.90. The lowest BCUT2D eigenvalue weighted by Crippen LogP contribution is -2.35. The molecule has 5 nitrogen and oxygen atoms in total. The summed E-state index contributed by atoms with van der Waals surface area (Å²) in [6, 6.07) is 4.23. The molecule has 1 saturated heterocycles. The van der Waals surface area contributed by atoms with Gasteiger partial charge >= 0.3 is 0 Å². The van der Waals surface area contributed by atoms with Gasteiger partial charge in [0.2, 0.25) is 0 Å². The van der Waals surface area contributed by atoms with E-state index in [0.29, 0.717) is 18.4 Å². The van der Waals surface area contributed by atoms with E-state index in [9.17, 15) is 9.90 Å². The van der Waals surface area contributed by atoms with E-state index in [1.807, 2.05) is 5.32 Å². The van der Waals surface area contributed by atoms with Gasteiger partial charge in [0.05, 0.1) is 12.1 Å². The Morgan fingerprint density at radius 1 is 1.45 bits per heavy atom. The molecule has 3 unspecified atom stereocenters. The van der Waals surface area contributed by atoms with Crippen LogP contribution in [0.1, 0.15) is 36.8 Å². The van der Waals surface area contributed by atoms with Crippen LogP contribution in [0, 0.1) is 5.92 Å². The van der Waals surface area contributed by atoms with Gasteiger partial charge in [0.25, 0.3) is 0 Å². The van der Waals surface area contributed by atoms with Gasteiger partial charge in [-0.1, -0.05) is 18.5 Å². The summed E-state index contributed by atoms with van der Waals surface area (Å²) in [6.07, 6.45) is -1.21. The molecule has 0 saturated carbocycles. The van der Waals surface area contributed by atoms with Crippen molar-refractivity contribution >= 4 is 17.7 Å². The van der Waals surface area contributed by atoms with Gasteiger partial charge in [0, 0.05) is 19.0 Å². The number of fused-ring (bicyclic) bond motifs is 3. The summed E-state index contributed by atoms with van der Waals surface area (Å²) < 4.78 is 5.30. The van der Waals surface area contributed by atoms with E-state index in [4.69, 9.17) is 16.3 Å². The maximum Gasteiger partial charge on any atom is 0.137 e. The van der Waals surface area contributed by atoms with Gasteiger partial charge in [-0.15, -0.1) is 0 Å². The summed E-state index contributed by atoms with van der Waals surface area (Å²) in [5, 5.41) is 15.6. The fourth-order valence-corrected chi connectivity index (χ4v) is 3.65. The summed E-state index contributed by atoms with van der Waals surface area (Å²) in [5.41, 5.74) is 2.85. The van der Waals surface area contributed by atoms with Crippen molar-refractivity contribution in [1.29, 1.82) is 0 Å². The average molecular weight is 326 g/mol. The highest BCUT2D eigenvalue weighted by Crippen LogP contribution is 2.50. The lowest BCUT2D eigenvalue weighted by Gasteiger charge is -2.12. The van der Waals surface area contributed by atoms with Crippen molar-refractivity contribution in [2.45, 2.75) is 25.7 Å². The van der Waals surface area contributed by atoms with Gasteiger partial charge in [-0.25, -0.2) is 0 Å². The fourth-order valence-electron chi connectivity index (χ4n) is 3.40. The summed E-state index contributed by atoms with van der Waals surface area (Å²) in [6.45, 7) is 6.63. The predicted molar refractivity (Wildman–Crippen MR) is 84.6 cm³/mol. The molecule has 1 aliphatic heterocycles. The lowest BCUT2D eigenvalue weighted by molar-refractivity contribution is -0.250. The van der Waals surface area contributed by atoms with Gasteiger partial charge in [-0.3, -0.25) is 0 Å². The van der Waals surface area contributed by atoms with E-state index < -0.39 is 6.09 Å². The number of amides is 1. The Morgan fingerprint density at radius 3 is 2.73 bits per heavy atom. The van der Waals surface area contributed by atoms with Gasteiger partial charge in [0.1, 0.15) is 11.8 Å². The molecule has 22 heavy (non-hydrogen) atoms. The first kappa shape index (κ1) is 16.9. The molecular weight excluding hydrogens is 304 g/mol. The molecule has 1 aliphatic carbocycles. The third kappa shape index (κ3) is 3.31. The zero-order valence-corrected chi connectivity index (χ0v) is 13.9. The molecule has 3 atom stereocenters. The summed E-state index contributed by atoms with van der Waals surface area (Å²) in [7, 11) is 1.68. The minimum absolute atomic E-state index is 0.419. The number of ether oxygens (including phenoxy) is 1. The Balaban J connectivity index is 0.000000254. The van der Waals surface area contributed by atoms with Crippen LogP contribution >= 0.6 is 11.6 Å². The third-order valence-corrected chi connectivity index (χ3v) is 4.77. The third-order valence-electron chi connectivity index (χ3n) is 4.47. The smallest absolute Gasteiger partial charge is 0.137 e. The highest BCUT2D eigenvalue weighted by molar-refractivity contribution is 6.32. The van der Waals surface area contributed by atoms with Crippen molar-refractivity contribution in [3.63, 3.8) is 0 Å². The van der Waals surface area contributed by atoms with Crippen LogP contribution < -0.4 is 20.5 Å². The SMILES string of the molecule is CCNC(=O)[O-].COc1cc2c(cc1Cl)C(C)C1CNCC21. The monoisotopic (exact) mass is 325 g/mol. The second-order valence-corrected chi connectivity index (χ2v) is 6.06. The van der Waals surface area contributed by atoms with E-state index in [0.717, 1.165) is 29.8 Å². The summed E-state index contributed by atoms with van der Waals surface area (Å²) in [4.78, 5) is 9.38. The number of hydrogen-bond acceptors (Lipinski definition) is 4. The van der Waals surface area contributed by atoms with Crippen molar-refractivity contribution < 1.29 is 14.6 Å². The lowest BCUT2D eigenvalue weighted by atomic mass is 9.91. The van der Waals surface area contributed by atoms with E-state index >= 15 is 0 Å². The fraction of sp³-hybridized carbons (Fsp3) is 0.562. The molecule has 0 radical (unpaired) electrons. The van der Waals surface area contributed by atoms with Crippen molar-refractivity contribution in [2.24, 2.45) is 5.92 Å². The minimum atomic E-state index is -1.21. The first-order chi connectivity index (χ1) is 10.5. The van der Waals surface area contributed by atoms with E-state index in [2.05, 4.69) is 24.4 Å². The number of nitrogens with one attached hydrogen (secondary N) is 2. The largest absolute Gasteiger partial charge is 0.530 e. The van der Waals surface area contributed by atoms with Crippen LogP contribution in [0.2, 0.25) is 5.02 Å². The molecule has 3 rings (SSSR count). The number of methoxy groups -OCH3 is 1. The Labute approximate surface area is 136 Å². The molecule has 2 aliphatic rings. The van der Waals surface area contributed by atoms with Crippen molar-refractivity contribution in [3.05, 3.63) is 28.3 Å². The van der Waals surface area contributed by atoms with Gasteiger partial charge < -0.3 is 25.3 Å². The van der Waals surface area contributed by atoms with E-state index in [1.54, 1.807) is 14.0 Å². The Morgan fingerprint density at radius 2 is 2.18 bits per heavy atom. The van der Waals surface area contributed by atoms with Crippen molar-refractivity contribution in [1.82, 2.24) is 10.6 Å². The zero-order valence-electron chi connectivity index (χ0n) is 13.1. The number of hydrogen-bond donors (Lipinski definition) is 2. The van der Waals surface area contributed by atoms with Crippen LogP contribution in [0.3, 0.4) is 0 Å². The first-order valence-electron chi connectivity index (χ1n) is 7.52. The van der Waals surface area contributed by atoms with E-state index in [-0.39, 0.29) is 0 Å². The van der Waals surface area contributed by atoms with Gasteiger partial charge in [0.15, 0.2) is 0 Å². The molecule has 122 valence electrons. The number of halogens is 1. The van der Waals surface area contributed by atoms with Crippen LogP contribution in [0.5, 0.6) is 5.75 Å². The molecule has 1 heterocycles. The van der Waals surface area contributed by atoms with Gasteiger partial charge in [-0.05, 0) is 48.6 Å². The second-order valence-electron chi connectivity index (χ2n) is 5.65. The van der Waals surface area contributed by atoms with Crippen LogP contribution in [-0.4, -0.2) is 32.8 Å². The maximum atomic E-state index is 9.38. The number of benzene rings is 1. The summed E-state index contributed by atoms with van der Waals surface area (Å²) >= 11 is 6.19. The number of carboxylic acid groups (broad SMARTS) is 1. The molecule has 1 fully saturated rings. The van der Waals surface area contributed by atoms with E-state index in [1.165, 1.54) is 11.1 Å². The minimum Gasteiger partial charge on any atom is -0.530 e. The van der Waals surface area contributed by atoms with Crippen molar-refractivity contribution in [2.75, 3.05) is 26.7 Å². The standard InChI is InChI=1S/C13H16ClNO.C3H7NO2/c1-7-8-3-12(14)13(16-2)4-9(8)11-6-15-5-10(7)11;1-2-4-3(5)6/h3-4,7,10-11,15H,5-6H2,1-2H3;4H,2H2,1H3,(H,5,6)/p-1. The van der Waals surface area contributed by atoms with Crippen LogP contribution in [-0.2, 0) is 0 Å². The topological polar surface area (TPSA) is 73.4 Å². The van der Waals surface area contributed by atoms with Crippen molar-refractivity contribution in [3.8, 4) is 5.75 Å². The molecule has 1 amide bonds. The second kappa shape index (κ2) is 7.20. The van der Waals surface area contributed by atoms with Crippen LogP contribution in [0.15, 0.2) is 12.1 Å². The Hall–Kier alpha value is -1.46. The Kier molecular flexibility index (Phi) is 5.53. The zero-order chi connectivity index (χ0) is 16.3. The molecule has 1 aromatic rings. The van der Waals surface area contributed by atoms with Gasteiger partial charge in [-0.2, -0.15) is 0 Å². The molecule has 0 spiro atoms. The average Bonchev–Trinajstić information content (AvgIpc) is 3.03. The molecule has 1 aromatic carbocycles.